The molecule has 1 fully saturated rings. The summed E-state index contributed by atoms with van der Waals surface area (Å²) in [7, 11) is 3.59. The van der Waals surface area contributed by atoms with Gasteiger partial charge in [0.1, 0.15) is 5.75 Å². The first-order valence-electron chi connectivity index (χ1n) is 10.9. The Bertz CT molecular complexity index is 1130. The summed E-state index contributed by atoms with van der Waals surface area (Å²) in [6.45, 7) is 8.02. The molecule has 1 aliphatic rings. The average molecular weight is 582 g/mol. The van der Waals surface area contributed by atoms with Crippen LogP contribution in [0.5, 0.6) is 11.6 Å². The molecule has 0 spiro atoms. The monoisotopic (exact) mass is 582 g/mol. The van der Waals surface area contributed by atoms with Gasteiger partial charge >= 0.3 is 0 Å². The number of nitrogens with zero attached hydrogens (tertiary/aromatic N) is 5. The average Bonchev–Trinajstić information content (AvgIpc) is 3.24. The maximum absolute atomic E-state index is 13.0. The van der Waals surface area contributed by atoms with Gasteiger partial charge in [0.05, 0.1) is 24.3 Å². The minimum atomic E-state index is 0.0174. The van der Waals surface area contributed by atoms with Crippen molar-refractivity contribution in [2.75, 3.05) is 51.8 Å². The van der Waals surface area contributed by atoms with Crippen LogP contribution in [0.2, 0.25) is 0 Å². The van der Waals surface area contributed by atoms with Crippen molar-refractivity contribution in [3.05, 3.63) is 36.0 Å². The molecule has 0 saturated carbocycles. The largest absolute Gasteiger partial charge is 0.492 e. The number of piperazine rings is 1. The molecule has 3 heterocycles. The van der Waals surface area contributed by atoms with E-state index in [1.165, 1.54) is 9.12 Å². The summed E-state index contributed by atoms with van der Waals surface area (Å²) < 4.78 is 13.6. The SMILES string of the molecule is CCOc1cc(C(=O)N2CCN(C)CC2)ccc1Nc1nc(OCC)c2ccn(SI)c2n1. The molecule has 0 unspecified atom stereocenters. The molecule has 33 heavy (non-hydrogen) atoms. The molecule has 1 aromatic carbocycles. The molecule has 1 amide bonds. The van der Waals surface area contributed by atoms with Crippen LogP contribution in [0.1, 0.15) is 24.2 Å². The first-order valence-corrected chi connectivity index (χ1v) is 14.2. The number of ether oxygens (including phenoxy) is 2. The van der Waals surface area contributed by atoms with E-state index in [0.717, 1.165) is 37.2 Å². The van der Waals surface area contributed by atoms with Gasteiger partial charge in [-0.1, -0.05) is 0 Å². The molecular formula is C22H27IN6O3S. The van der Waals surface area contributed by atoms with Gasteiger partial charge in [-0.05, 0) is 45.2 Å². The lowest BCUT2D eigenvalue weighted by molar-refractivity contribution is 0.0663. The van der Waals surface area contributed by atoms with Crippen LogP contribution >= 0.6 is 30.3 Å². The van der Waals surface area contributed by atoms with Crippen LogP contribution in [0, 0.1) is 0 Å². The van der Waals surface area contributed by atoms with Crippen LogP contribution < -0.4 is 14.8 Å². The number of hydrogen-bond donors (Lipinski definition) is 1. The lowest BCUT2D eigenvalue weighted by atomic mass is 10.1. The number of amides is 1. The van der Waals surface area contributed by atoms with E-state index in [0.29, 0.717) is 42.0 Å². The van der Waals surface area contributed by atoms with Gasteiger partial charge in [0.15, 0.2) is 5.65 Å². The second-order valence-electron chi connectivity index (χ2n) is 7.60. The Hall–Kier alpha value is -2.25. The zero-order valence-corrected chi connectivity index (χ0v) is 21.9. The smallest absolute Gasteiger partial charge is 0.254 e. The van der Waals surface area contributed by atoms with Gasteiger partial charge in [-0.15, -0.1) is 0 Å². The summed E-state index contributed by atoms with van der Waals surface area (Å²) in [5, 5.41) is 4.11. The summed E-state index contributed by atoms with van der Waals surface area (Å²) in [5.41, 5.74) is 2.05. The van der Waals surface area contributed by atoms with E-state index >= 15 is 0 Å². The topological polar surface area (TPSA) is 84.8 Å². The van der Waals surface area contributed by atoms with Gasteiger partial charge in [0.25, 0.3) is 5.91 Å². The molecule has 1 N–H and O–H groups in total. The normalized spacial score (nSPS) is 14.5. The summed E-state index contributed by atoms with van der Waals surface area (Å²) >= 11 is 2.21. The van der Waals surface area contributed by atoms with Crippen LogP contribution in [0.4, 0.5) is 11.6 Å². The van der Waals surface area contributed by atoms with Crippen molar-refractivity contribution >= 4 is 58.9 Å². The molecule has 1 saturated heterocycles. The molecule has 9 nitrogen and oxygen atoms in total. The third-order valence-electron chi connectivity index (χ3n) is 5.40. The Balaban J connectivity index is 1.63. The predicted molar refractivity (Wildman–Crippen MR) is 140 cm³/mol. The number of fused-ring (bicyclic) bond motifs is 1. The zero-order valence-electron chi connectivity index (χ0n) is 18.9. The molecule has 0 radical (unpaired) electrons. The molecule has 2 aromatic heterocycles. The number of likely N-dealkylation sites (N-methyl/N-ethyl adjacent to an activating group) is 1. The number of nitrogens with one attached hydrogen (secondary N) is 1. The molecule has 0 atom stereocenters. The lowest BCUT2D eigenvalue weighted by Crippen LogP contribution is -2.47. The number of benzene rings is 1. The molecule has 11 heteroatoms. The second kappa shape index (κ2) is 10.8. The van der Waals surface area contributed by atoms with Crippen LogP contribution in [-0.4, -0.2) is 76.1 Å². The minimum absolute atomic E-state index is 0.0174. The quantitative estimate of drug-likeness (QED) is 0.396. The maximum Gasteiger partial charge on any atom is 0.254 e. The van der Waals surface area contributed by atoms with E-state index in [1.807, 2.05) is 47.1 Å². The first-order chi connectivity index (χ1) is 16.0. The van der Waals surface area contributed by atoms with Crippen molar-refractivity contribution in [2.24, 2.45) is 0 Å². The van der Waals surface area contributed by atoms with E-state index in [4.69, 9.17) is 9.47 Å². The maximum atomic E-state index is 13.0. The molecular weight excluding hydrogens is 555 g/mol. The standard InChI is InChI=1S/C22H27IN6O3S/c1-4-31-18-14-15(21(30)28-12-10-27(3)11-13-28)6-7-17(18)24-22-25-19-16(8-9-29(19)33-23)20(26-22)32-5-2/h6-9,14H,4-5,10-13H2,1-3H3,(H,24,25,26). The number of anilines is 2. The Labute approximate surface area is 209 Å². The second-order valence-corrected chi connectivity index (χ2v) is 9.31. The summed E-state index contributed by atoms with van der Waals surface area (Å²) in [5.74, 6) is 1.52. The van der Waals surface area contributed by atoms with Crippen molar-refractivity contribution in [1.82, 2.24) is 23.7 Å². The van der Waals surface area contributed by atoms with Crippen molar-refractivity contribution in [3.8, 4) is 11.6 Å². The lowest BCUT2D eigenvalue weighted by Gasteiger charge is -2.32. The van der Waals surface area contributed by atoms with Crippen LogP contribution in [0.15, 0.2) is 30.5 Å². The van der Waals surface area contributed by atoms with Gasteiger partial charge in [0, 0.05) is 68.3 Å². The number of halogens is 1. The van der Waals surface area contributed by atoms with Gasteiger partial charge < -0.3 is 24.6 Å². The van der Waals surface area contributed by atoms with Crippen LogP contribution in [0.3, 0.4) is 0 Å². The molecule has 0 bridgehead atoms. The van der Waals surface area contributed by atoms with Crippen LogP contribution in [0.25, 0.3) is 11.0 Å². The molecule has 3 aromatic rings. The van der Waals surface area contributed by atoms with Crippen molar-refractivity contribution in [2.45, 2.75) is 13.8 Å². The summed E-state index contributed by atoms with van der Waals surface area (Å²) in [6, 6.07) is 7.39. The van der Waals surface area contributed by atoms with Gasteiger partial charge in [-0.25, -0.2) is 0 Å². The van der Waals surface area contributed by atoms with E-state index < -0.39 is 0 Å². The Morgan fingerprint density at radius 1 is 1.12 bits per heavy atom. The highest BCUT2D eigenvalue weighted by molar-refractivity contribution is 14.2. The molecule has 4 rings (SSSR count). The van der Waals surface area contributed by atoms with Gasteiger partial charge in [-0.3, -0.25) is 8.77 Å². The van der Waals surface area contributed by atoms with E-state index in [9.17, 15) is 4.79 Å². The van der Waals surface area contributed by atoms with E-state index in [-0.39, 0.29) is 5.91 Å². The highest BCUT2D eigenvalue weighted by Crippen LogP contribution is 2.33. The fraction of sp³-hybridized carbons (Fsp3) is 0.409. The number of rotatable bonds is 8. The van der Waals surface area contributed by atoms with Gasteiger partial charge in [-0.2, -0.15) is 9.97 Å². The fourth-order valence-corrected chi connectivity index (χ4v) is 4.93. The zero-order chi connectivity index (χ0) is 23.4. The highest BCUT2D eigenvalue weighted by Gasteiger charge is 2.22. The van der Waals surface area contributed by atoms with Crippen molar-refractivity contribution in [1.29, 1.82) is 0 Å². The predicted octanol–water partition coefficient (Wildman–Crippen LogP) is 4.21. The summed E-state index contributed by atoms with van der Waals surface area (Å²) in [4.78, 5) is 26.4. The number of aromatic nitrogens is 3. The number of carbonyl (C=O) groups excluding carboxylic acids is 1. The van der Waals surface area contributed by atoms with Crippen molar-refractivity contribution < 1.29 is 14.3 Å². The summed E-state index contributed by atoms with van der Waals surface area (Å²) in [6.07, 6.45) is 1.94. The van der Waals surface area contributed by atoms with Crippen molar-refractivity contribution in [3.63, 3.8) is 0 Å². The highest BCUT2D eigenvalue weighted by atomic mass is 127. The Morgan fingerprint density at radius 3 is 2.58 bits per heavy atom. The van der Waals surface area contributed by atoms with Gasteiger partial charge in [0.2, 0.25) is 11.8 Å². The third kappa shape index (κ3) is 5.30. The Kier molecular flexibility index (Phi) is 7.81. The first kappa shape index (κ1) is 23.9. The minimum Gasteiger partial charge on any atom is -0.492 e. The Morgan fingerprint density at radius 2 is 1.88 bits per heavy atom. The fourth-order valence-electron chi connectivity index (χ4n) is 3.67. The molecule has 176 valence electrons. The van der Waals surface area contributed by atoms with Crippen LogP contribution in [-0.2, 0) is 0 Å². The van der Waals surface area contributed by atoms with E-state index in [2.05, 4.69) is 48.4 Å². The number of hydrogen-bond acceptors (Lipinski definition) is 8. The third-order valence-corrected chi connectivity index (χ3v) is 7.11. The number of carbonyl (C=O) groups is 1. The van der Waals surface area contributed by atoms with E-state index in [1.54, 1.807) is 6.07 Å². The molecule has 1 aliphatic heterocycles. The molecule has 0 aliphatic carbocycles.